The first-order chi connectivity index (χ1) is 15.7. The number of rotatable bonds is 3. The standard InChI is InChI=1S/C25H31N7O/c1-24(2,3)23(33)30(4)18-7-11-31(14-18)21-20-22(29-16-28-21)32(15-25(20)8-5-9-25)19-12-17(13-26)6-10-27-19/h6,10,12,16,18H,5,7-9,11,14-15H2,1-4H3/t18-/m0/s1. The maximum atomic E-state index is 12.8. The van der Waals surface area contributed by atoms with Gasteiger partial charge in [-0.25, -0.2) is 15.0 Å². The van der Waals surface area contributed by atoms with Crippen LogP contribution in [0, 0.1) is 16.7 Å². The Kier molecular flexibility index (Phi) is 5.04. The second kappa shape index (κ2) is 7.68. The van der Waals surface area contributed by atoms with E-state index in [1.165, 1.54) is 12.0 Å². The summed E-state index contributed by atoms with van der Waals surface area (Å²) in [7, 11) is 1.93. The first kappa shape index (κ1) is 21.6. The van der Waals surface area contributed by atoms with E-state index in [0.29, 0.717) is 5.56 Å². The van der Waals surface area contributed by atoms with Crippen LogP contribution in [-0.4, -0.2) is 58.5 Å². The summed E-state index contributed by atoms with van der Waals surface area (Å²) in [4.78, 5) is 33.3. The quantitative estimate of drug-likeness (QED) is 0.715. The lowest BCUT2D eigenvalue weighted by Gasteiger charge is -2.40. The molecule has 1 amide bonds. The number of anilines is 3. The molecule has 5 rings (SSSR count). The molecule has 172 valence electrons. The minimum atomic E-state index is -0.389. The summed E-state index contributed by atoms with van der Waals surface area (Å²) < 4.78 is 0. The summed E-state index contributed by atoms with van der Waals surface area (Å²) in [6.07, 6.45) is 7.67. The molecule has 1 spiro atoms. The van der Waals surface area contributed by atoms with Gasteiger partial charge >= 0.3 is 0 Å². The third-order valence-corrected chi connectivity index (χ3v) is 7.49. The highest BCUT2D eigenvalue weighted by molar-refractivity contribution is 5.82. The van der Waals surface area contributed by atoms with Crippen LogP contribution in [0.1, 0.15) is 57.6 Å². The molecule has 0 N–H and O–H groups in total. The molecule has 0 unspecified atom stereocenters. The van der Waals surface area contributed by atoms with Crippen molar-refractivity contribution in [2.75, 3.05) is 36.5 Å². The van der Waals surface area contributed by atoms with Gasteiger partial charge in [-0.3, -0.25) is 4.79 Å². The van der Waals surface area contributed by atoms with E-state index in [0.717, 1.165) is 56.4 Å². The minimum absolute atomic E-state index is 0.0292. The molecule has 4 heterocycles. The fourth-order valence-corrected chi connectivity index (χ4v) is 5.52. The van der Waals surface area contributed by atoms with Gasteiger partial charge in [-0.1, -0.05) is 27.2 Å². The number of carbonyl (C=O) groups is 1. The van der Waals surface area contributed by atoms with Crippen LogP contribution in [0.2, 0.25) is 0 Å². The van der Waals surface area contributed by atoms with E-state index in [1.807, 2.05) is 38.8 Å². The molecule has 0 bridgehead atoms. The Balaban J connectivity index is 1.48. The zero-order chi connectivity index (χ0) is 23.4. The number of hydrogen-bond acceptors (Lipinski definition) is 7. The zero-order valence-corrected chi connectivity index (χ0v) is 19.9. The Hall–Kier alpha value is -3.21. The molecule has 2 fully saturated rings. The highest BCUT2D eigenvalue weighted by Gasteiger charge is 2.51. The van der Waals surface area contributed by atoms with Gasteiger partial charge in [0, 0.05) is 49.3 Å². The van der Waals surface area contributed by atoms with Crippen molar-refractivity contribution >= 4 is 23.4 Å². The molecule has 1 saturated carbocycles. The lowest BCUT2D eigenvalue weighted by molar-refractivity contribution is -0.139. The third kappa shape index (κ3) is 3.50. The molecule has 2 aromatic heterocycles. The summed E-state index contributed by atoms with van der Waals surface area (Å²) in [5.74, 6) is 2.84. The summed E-state index contributed by atoms with van der Waals surface area (Å²) >= 11 is 0. The second-order valence-corrected chi connectivity index (χ2v) is 10.7. The lowest BCUT2D eigenvalue weighted by Crippen LogP contribution is -2.44. The smallest absolute Gasteiger partial charge is 0.228 e. The first-order valence-corrected chi connectivity index (χ1v) is 11.7. The van der Waals surface area contributed by atoms with E-state index in [4.69, 9.17) is 9.97 Å². The van der Waals surface area contributed by atoms with E-state index in [-0.39, 0.29) is 22.8 Å². The van der Waals surface area contributed by atoms with Crippen LogP contribution in [0.15, 0.2) is 24.7 Å². The molecule has 1 aliphatic carbocycles. The van der Waals surface area contributed by atoms with Gasteiger partial charge in [0.2, 0.25) is 5.91 Å². The summed E-state index contributed by atoms with van der Waals surface area (Å²) in [5.41, 5.74) is 1.45. The Morgan fingerprint density at radius 1 is 1.24 bits per heavy atom. The van der Waals surface area contributed by atoms with Crippen LogP contribution in [-0.2, 0) is 10.2 Å². The van der Waals surface area contributed by atoms with Crippen LogP contribution in [0.5, 0.6) is 0 Å². The highest BCUT2D eigenvalue weighted by atomic mass is 16.2. The molecule has 0 aromatic carbocycles. The largest absolute Gasteiger partial charge is 0.354 e. The van der Waals surface area contributed by atoms with E-state index < -0.39 is 0 Å². The predicted molar refractivity (Wildman–Crippen MR) is 126 cm³/mol. The van der Waals surface area contributed by atoms with Crippen molar-refractivity contribution in [2.24, 2.45) is 5.41 Å². The zero-order valence-electron chi connectivity index (χ0n) is 19.9. The van der Waals surface area contributed by atoms with Gasteiger partial charge in [0.1, 0.15) is 23.8 Å². The van der Waals surface area contributed by atoms with E-state index in [9.17, 15) is 10.1 Å². The number of fused-ring (bicyclic) bond motifs is 2. The molecule has 2 aliphatic heterocycles. The van der Waals surface area contributed by atoms with Crippen molar-refractivity contribution in [1.29, 1.82) is 5.26 Å². The first-order valence-electron chi connectivity index (χ1n) is 11.7. The molecule has 1 saturated heterocycles. The SMILES string of the molecule is CN(C(=O)C(C)(C)C)[C@H]1CCN(c2ncnc3c2C2(CCC2)CN3c2cc(C#N)ccn2)C1. The summed E-state index contributed by atoms with van der Waals surface area (Å²) in [5, 5.41) is 9.35. The van der Waals surface area contributed by atoms with Gasteiger partial charge in [-0.2, -0.15) is 5.26 Å². The van der Waals surface area contributed by atoms with E-state index >= 15 is 0 Å². The van der Waals surface area contributed by atoms with Gasteiger partial charge in [0.05, 0.1) is 17.7 Å². The third-order valence-electron chi connectivity index (χ3n) is 7.49. The summed E-state index contributed by atoms with van der Waals surface area (Å²) in [6.45, 7) is 8.38. The molecule has 8 nitrogen and oxygen atoms in total. The average molecular weight is 446 g/mol. The van der Waals surface area contributed by atoms with Crippen molar-refractivity contribution in [1.82, 2.24) is 19.9 Å². The van der Waals surface area contributed by atoms with Gasteiger partial charge in [0.15, 0.2) is 0 Å². The van der Waals surface area contributed by atoms with Crippen molar-refractivity contribution in [3.8, 4) is 6.07 Å². The predicted octanol–water partition coefficient (Wildman–Crippen LogP) is 3.40. The van der Waals surface area contributed by atoms with Gasteiger partial charge in [0.25, 0.3) is 0 Å². The Labute approximate surface area is 195 Å². The molecular formula is C25H31N7O. The highest BCUT2D eigenvalue weighted by Crippen LogP contribution is 2.56. The fourth-order valence-electron chi connectivity index (χ4n) is 5.52. The number of hydrogen-bond donors (Lipinski definition) is 0. The van der Waals surface area contributed by atoms with Gasteiger partial charge < -0.3 is 14.7 Å². The number of carbonyl (C=O) groups excluding carboxylic acids is 1. The van der Waals surface area contributed by atoms with Crippen molar-refractivity contribution < 1.29 is 4.79 Å². The number of amides is 1. The monoisotopic (exact) mass is 445 g/mol. The molecular weight excluding hydrogens is 414 g/mol. The van der Waals surface area contributed by atoms with Crippen molar-refractivity contribution in [3.05, 3.63) is 35.8 Å². The maximum absolute atomic E-state index is 12.8. The van der Waals surface area contributed by atoms with E-state index in [1.54, 1.807) is 18.6 Å². The van der Waals surface area contributed by atoms with Crippen LogP contribution in [0.3, 0.4) is 0 Å². The number of aromatic nitrogens is 3. The summed E-state index contributed by atoms with van der Waals surface area (Å²) in [6, 6.07) is 5.95. The molecule has 33 heavy (non-hydrogen) atoms. The van der Waals surface area contributed by atoms with Gasteiger partial charge in [-0.05, 0) is 31.4 Å². The topological polar surface area (TPSA) is 89.3 Å². The lowest BCUT2D eigenvalue weighted by atomic mass is 9.66. The maximum Gasteiger partial charge on any atom is 0.228 e. The van der Waals surface area contributed by atoms with Crippen LogP contribution < -0.4 is 9.80 Å². The Morgan fingerprint density at radius 2 is 2.00 bits per heavy atom. The number of nitriles is 1. The molecule has 2 aromatic rings. The van der Waals surface area contributed by atoms with Crippen LogP contribution in [0.25, 0.3) is 0 Å². The molecule has 3 aliphatic rings. The van der Waals surface area contributed by atoms with Gasteiger partial charge in [-0.15, -0.1) is 0 Å². The van der Waals surface area contributed by atoms with Crippen LogP contribution >= 0.6 is 0 Å². The number of pyridine rings is 1. The fraction of sp³-hybridized carbons (Fsp3) is 0.560. The molecule has 0 radical (unpaired) electrons. The Morgan fingerprint density at radius 3 is 2.67 bits per heavy atom. The van der Waals surface area contributed by atoms with E-state index in [2.05, 4.69) is 20.9 Å². The normalized spacial score (nSPS) is 21.0. The molecule has 1 atom stereocenters. The minimum Gasteiger partial charge on any atom is -0.354 e. The van der Waals surface area contributed by atoms with Crippen LogP contribution in [0.4, 0.5) is 17.5 Å². The Bertz CT molecular complexity index is 1130. The molecule has 8 heteroatoms. The van der Waals surface area contributed by atoms with Crippen molar-refractivity contribution in [3.63, 3.8) is 0 Å². The average Bonchev–Trinajstić information content (AvgIpc) is 3.41. The number of nitrogens with zero attached hydrogens (tertiary/aromatic N) is 7. The second-order valence-electron chi connectivity index (χ2n) is 10.7. The van der Waals surface area contributed by atoms with Crippen molar-refractivity contribution in [2.45, 2.75) is 57.9 Å². The number of likely N-dealkylation sites (N-methyl/N-ethyl adjacent to an activating group) is 1.